The van der Waals surface area contributed by atoms with Crippen molar-refractivity contribution in [3.05, 3.63) is 65.7 Å². The van der Waals surface area contributed by atoms with E-state index in [1.54, 1.807) is 31.3 Å². The molecule has 0 aliphatic heterocycles. The smallest absolute Gasteiger partial charge is 0.302 e. The lowest BCUT2D eigenvalue weighted by molar-refractivity contribution is -0.142. The van der Waals surface area contributed by atoms with E-state index in [0.29, 0.717) is 25.1 Å². The minimum Gasteiger partial charge on any atom is -0.461 e. The van der Waals surface area contributed by atoms with Crippen molar-refractivity contribution in [2.24, 2.45) is 11.7 Å². The molecule has 4 N–H and O–H groups in total. The number of carbonyl (C=O) groups is 3. The van der Waals surface area contributed by atoms with Gasteiger partial charge < -0.3 is 21.1 Å². The molecule has 0 spiro atoms. The van der Waals surface area contributed by atoms with Gasteiger partial charge in [0.2, 0.25) is 5.91 Å². The molecule has 0 radical (unpaired) electrons. The second-order valence-corrected chi connectivity index (χ2v) is 8.15. The average molecular weight is 454 g/mol. The number of anilines is 1. The second kappa shape index (κ2) is 14.2. The third-order valence-electron chi connectivity index (χ3n) is 5.51. The van der Waals surface area contributed by atoms with Crippen LogP contribution in [0.5, 0.6) is 0 Å². The maximum absolute atomic E-state index is 13.0. The highest BCUT2D eigenvalue weighted by Gasteiger charge is 2.26. The molecule has 2 aromatic rings. The van der Waals surface area contributed by atoms with Gasteiger partial charge in [0.1, 0.15) is 6.61 Å². The quantitative estimate of drug-likeness (QED) is 0.299. The van der Waals surface area contributed by atoms with Gasteiger partial charge in [0.15, 0.2) is 5.78 Å². The topological polar surface area (TPSA) is 111 Å². The van der Waals surface area contributed by atoms with Crippen LogP contribution in [0, 0.1) is 5.92 Å². The van der Waals surface area contributed by atoms with E-state index in [9.17, 15) is 14.4 Å². The Morgan fingerprint density at radius 3 is 2.27 bits per heavy atom. The minimum atomic E-state index is -0.434. The van der Waals surface area contributed by atoms with Gasteiger partial charge >= 0.3 is 5.97 Å². The Morgan fingerprint density at radius 2 is 1.67 bits per heavy atom. The first-order chi connectivity index (χ1) is 15.9. The van der Waals surface area contributed by atoms with Gasteiger partial charge in [0.25, 0.3) is 0 Å². The summed E-state index contributed by atoms with van der Waals surface area (Å²) in [6.07, 6.45) is 2.94. The van der Waals surface area contributed by atoms with E-state index in [0.717, 1.165) is 24.0 Å². The Balaban J connectivity index is 2.01. The molecule has 0 saturated heterocycles. The number of nitrogens with one attached hydrogen (secondary N) is 2. The van der Waals surface area contributed by atoms with E-state index in [4.69, 9.17) is 10.5 Å². The molecule has 1 amide bonds. The number of benzene rings is 2. The number of hydrogen-bond donors (Lipinski definition) is 3. The molecule has 7 heteroatoms. The summed E-state index contributed by atoms with van der Waals surface area (Å²) in [4.78, 5) is 37.0. The molecule has 0 bridgehead atoms. The van der Waals surface area contributed by atoms with Crippen LogP contribution in [0.2, 0.25) is 0 Å². The lowest BCUT2D eigenvalue weighted by Crippen LogP contribution is -2.38. The zero-order valence-corrected chi connectivity index (χ0v) is 19.5. The molecule has 33 heavy (non-hydrogen) atoms. The molecule has 0 saturated carbocycles. The molecule has 0 heterocycles. The maximum atomic E-state index is 13.0. The highest BCUT2D eigenvalue weighted by molar-refractivity contribution is 5.96. The molecule has 0 fully saturated rings. The van der Waals surface area contributed by atoms with Crippen molar-refractivity contribution in [3.8, 4) is 0 Å². The van der Waals surface area contributed by atoms with E-state index >= 15 is 0 Å². The van der Waals surface area contributed by atoms with Crippen LogP contribution in [0.15, 0.2) is 54.6 Å². The van der Waals surface area contributed by atoms with Gasteiger partial charge in [-0.2, -0.15) is 0 Å². The minimum absolute atomic E-state index is 0.0194. The summed E-state index contributed by atoms with van der Waals surface area (Å²) in [5.41, 5.74) is 8.16. The zero-order chi connectivity index (χ0) is 24.1. The zero-order valence-electron chi connectivity index (χ0n) is 19.5. The number of esters is 1. The summed E-state index contributed by atoms with van der Waals surface area (Å²) in [5.74, 6) is -0.936. The van der Waals surface area contributed by atoms with Gasteiger partial charge in [-0.05, 0) is 56.1 Å². The Bertz CT molecular complexity index is 884. The molecule has 0 aromatic heterocycles. The lowest BCUT2D eigenvalue weighted by Gasteiger charge is -2.20. The number of hydrogen-bond acceptors (Lipinski definition) is 6. The van der Waals surface area contributed by atoms with E-state index in [-0.39, 0.29) is 36.7 Å². The van der Waals surface area contributed by atoms with Crippen molar-refractivity contribution in [1.29, 1.82) is 0 Å². The summed E-state index contributed by atoms with van der Waals surface area (Å²) in [5, 5.41) is 6.02. The molecule has 0 aliphatic carbocycles. The Labute approximate surface area is 196 Å². The number of nitrogens with two attached hydrogens (primary N) is 1. The van der Waals surface area contributed by atoms with Crippen LogP contribution in [-0.2, 0) is 32.1 Å². The third kappa shape index (κ3) is 9.55. The Hall–Kier alpha value is -3.03. The lowest BCUT2D eigenvalue weighted by atomic mass is 9.90. The number of unbranched alkanes of at least 4 members (excludes halogenated alkanes) is 1. The number of ether oxygens (including phenoxy) is 1. The van der Waals surface area contributed by atoms with Gasteiger partial charge in [-0.1, -0.05) is 48.9 Å². The van der Waals surface area contributed by atoms with E-state index in [1.807, 2.05) is 30.3 Å². The second-order valence-electron chi connectivity index (χ2n) is 8.15. The summed E-state index contributed by atoms with van der Waals surface area (Å²) in [6.45, 7) is 2.10. The number of amides is 1. The number of Topliss-reactive ketones (excluding diaryl/α,β-unsaturated/α-hetero) is 1. The number of ketones is 1. The van der Waals surface area contributed by atoms with Crippen LogP contribution >= 0.6 is 0 Å². The van der Waals surface area contributed by atoms with Crippen LogP contribution in [-0.4, -0.2) is 37.3 Å². The number of carbonyl (C=O) groups excluding carboxylic acids is 3. The molecule has 7 nitrogen and oxygen atoms in total. The molecule has 2 rings (SSSR count). The predicted molar refractivity (Wildman–Crippen MR) is 130 cm³/mol. The van der Waals surface area contributed by atoms with Crippen LogP contribution in [0.1, 0.15) is 43.7 Å². The van der Waals surface area contributed by atoms with Crippen LogP contribution < -0.4 is 16.4 Å². The highest BCUT2D eigenvalue weighted by Crippen LogP contribution is 2.19. The fourth-order valence-corrected chi connectivity index (χ4v) is 3.59. The van der Waals surface area contributed by atoms with Gasteiger partial charge in [0.05, 0.1) is 6.04 Å². The van der Waals surface area contributed by atoms with Gasteiger partial charge in [-0.15, -0.1) is 0 Å². The largest absolute Gasteiger partial charge is 0.461 e. The summed E-state index contributed by atoms with van der Waals surface area (Å²) in [7, 11) is 1.77. The fourth-order valence-electron chi connectivity index (χ4n) is 3.59. The normalized spacial score (nSPS) is 12.6. The molecule has 178 valence electrons. The van der Waals surface area contributed by atoms with Crippen molar-refractivity contribution < 1.29 is 19.1 Å². The van der Waals surface area contributed by atoms with Gasteiger partial charge in [0, 0.05) is 24.9 Å². The van der Waals surface area contributed by atoms with Crippen LogP contribution in [0.4, 0.5) is 5.69 Å². The summed E-state index contributed by atoms with van der Waals surface area (Å²) in [6, 6.07) is 16.6. The van der Waals surface area contributed by atoms with Crippen LogP contribution in [0.3, 0.4) is 0 Å². The third-order valence-corrected chi connectivity index (χ3v) is 5.51. The Morgan fingerprint density at radius 1 is 0.970 bits per heavy atom. The van der Waals surface area contributed by atoms with Crippen LogP contribution in [0.25, 0.3) is 0 Å². The number of rotatable bonds is 14. The predicted octanol–water partition coefficient (Wildman–Crippen LogP) is 3.22. The van der Waals surface area contributed by atoms with Crippen molar-refractivity contribution in [3.63, 3.8) is 0 Å². The van der Waals surface area contributed by atoms with Crippen molar-refractivity contribution >= 4 is 23.3 Å². The number of likely N-dealkylation sites (N-methyl/N-ethyl adjacent to an activating group) is 1. The summed E-state index contributed by atoms with van der Waals surface area (Å²) < 4.78 is 4.98. The van der Waals surface area contributed by atoms with E-state index in [2.05, 4.69) is 10.6 Å². The summed E-state index contributed by atoms with van der Waals surface area (Å²) >= 11 is 0. The SMILES string of the molecule is CNC(Cc1ccccc1)C(=O)CC(CCCCN)C(=O)Nc1ccc(COC(C)=O)cc1. The average Bonchev–Trinajstić information content (AvgIpc) is 2.82. The van der Waals surface area contributed by atoms with Crippen molar-refractivity contribution in [1.82, 2.24) is 5.32 Å². The Kier molecular flexibility index (Phi) is 11.3. The van der Waals surface area contributed by atoms with E-state index in [1.165, 1.54) is 6.92 Å². The molecule has 2 atom stereocenters. The molecular formula is C26H35N3O4. The molecule has 2 unspecified atom stereocenters. The van der Waals surface area contributed by atoms with E-state index < -0.39 is 5.92 Å². The van der Waals surface area contributed by atoms with Crippen molar-refractivity contribution in [2.45, 2.75) is 51.7 Å². The maximum Gasteiger partial charge on any atom is 0.302 e. The first-order valence-electron chi connectivity index (χ1n) is 11.4. The van der Waals surface area contributed by atoms with Gasteiger partial charge in [-0.25, -0.2) is 0 Å². The van der Waals surface area contributed by atoms with Gasteiger partial charge in [-0.3, -0.25) is 14.4 Å². The highest BCUT2D eigenvalue weighted by atomic mass is 16.5. The first kappa shape index (κ1) is 26.2. The standard InChI is InChI=1S/C26H35N3O4/c1-19(30)33-18-21-11-13-23(14-12-21)29-26(32)22(10-6-7-15-27)17-25(31)24(28-2)16-20-8-4-3-5-9-20/h3-5,8-9,11-14,22,24,28H,6-7,10,15-18,27H2,1-2H3,(H,29,32). The first-order valence-corrected chi connectivity index (χ1v) is 11.4. The molecule has 2 aromatic carbocycles. The molecule has 0 aliphatic rings. The van der Waals surface area contributed by atoms with Crippen molar-refractivity contribution in [2.75, 3.05) is 18.9 Å². The molecular weight excluding hydrogens is 418 g/mol. The monoisotopic (exact) mass is 453 g/mol. The fraction of sp³-hybridized carbons (Fsp3) is 0.423.